The summed E-state index contributed by atoms with van der Waals surface area (Å²) >= 11 is 0. The molecular formula is C14H22N2O2. The SMILES string of the molecule is CCCCN(C)C(=O)NCc1cccc(OC)c1. The molecule has 1 aromatic rings. The summed E-state index contributed by atoms with van der Waals surface area (Å²) in [6.07, 6.45) is 2.12. The van der Waals surface area contributed by atoms with Crippen LogP contribution in [0, 0.1) is 0 Å². The van der Waals surface area contributed by atoms with Crippen LogP contribution in [0.3, 0.4) is 0 Å². The molecule has 100 valence electrons. The zero-order chi connectivity index (χ0) is 13.4. The first-order valence-electron chi connectivity index (χ1n) is 6.29. The maximum absolute atomic E-state index is 11.8. The molecule has 0 heterocycles. The Balaban J connectivity index is 2.41. The lowest BCUT2D eigenvalue weighted by atomic mass is 10.2. The topological polar surface area (TPSA) is 41.6 Å². The van der Waals surface area contributed by atoms with Crippen LogP contribution in [0.25, 0.3) is 0 Å². The molecule has 1 rings (SSSR count). The number of unbranched alkanes of at least 4 members (excludes halogenated alkanes) is 1. The lowest BCUT2D eigenvalue weighted by Crippen LogP contribution is -2.37. The molecule has 0 atom stereocenters. The van der Waals surface area contributed by atoms with Gasteiger partial charge in [0, 0.05) is 20.1 Å². The first-order chi connectivity index (χ1) is 8.67. The van der Waals surface area contributed by atoms with Crippen LogP contribution in [0.4, 0.5) is 4.79 Å². The number of hydrogen-bond donors (Lipinski definition) is 1. The van der Waals surface area contributed by atoms with Crippen molar-refractivity contribution in [3.8, 4) is 5.75 Å². The molecule has 18 heavy (non-hydrogen) atoms. The molecule has 0 saturated carbocycles. The Bertz CT molecular complexity index is 380. The van der Waals surface area contributed by atoms with Crippen LogP contribution in [-0.2, 0) is 6.54 Å². The third kappa shape index (κ3) is 4.65. The fraction of sp³-hybridized carbons (Fsp3) is 0.500. The van der Waals surface area contributed by atoms with Gasteiger partial charge in [-0.3, -0.25) is 0 Å². The Morgan fingerprint density at radius 2 is 2.22 bits per heavy atom. The highest BCUT2D eigenvalue weighted by Gasteiger charge is 2.06. The van der Waals surface area contributed by atoms with Crippen molar-refractivity contribution in [2.24, 2.45) is 0 Å². The van der Waals surface area contributed by atoms with Crippen molar-refractivity contribution in [2.75, 3.05) is 20.7 Å². The number of ether oxygens (including phenoxy) is 1. The van der Waals surface area contributed by atoms with Gasteiger partial charge >= 0.3 is 6.03 Å². The van der Waals surface area contributed by atoms with E-state index in [0.29, 0.717) is 6.54 Å². The normalized spacial score (nSPS) is 9.94. The molecule has 0 unspecified atom stereocenters. The molecule has 4 nitrogen and oxygen atoms in total. The summed E-state index contributed by atoms with van der Waals surface area (Å²) in [4.78, 5) is 13.5. The molecular weight excluding hydrogens is 228 g/mol. The Labute approximate surface area is 109 Å². The van der Waals surface area contributed by atoms with E-state index in [0.717, 1.165) is 30.7 Å². The number of nitrogens with zero attached hydrogens (tertiary/aromatic N) is 1. The average molecular weight is 250 g/mol. The minimum absolute atomic E-state index is 0.0359. The van der Waals surface area contributed by atoms with Crippen LogP contribution in [-0.4, -0.2) is 31.6 Å². The van der Waals surface area contributed by atoms with Crippen molar-refractivity contribution in [3.05, 3.63) is 29.8 Å². The number of rotatable bonds is 6. The molecule has 0 saturated heterocycles. The molecule has 0 aromatic heterocycles. The highest BCUT2D eigenvalue weighted by Crippen LogP contribution is 2.12. The molecule has 0 radical (unpaired) electrons. The summed E-state index contributed by atoms with van der Waals surface area (Å²) in [5.74, 6) is 0.807. The van der Waals surface area contributed by atoms with E-state index in [1.54, 1.807) is 12.0 Å². The van der Waals surface area contributed by atoms with Crippen molar-refractivity contribution in [3.63, 3.8) is 0 Å². The van der Waals surface area contributed by atoms with Crippen LogP contribution in [0.15, 0.2) is 24.3 Å². The fourth-order valence-electron chi connectivity index (χ4n) is 1.59. The number of methoxy groups -OCH3 is 1. The van der Waals surface area contributed by atoms with E-state index in [1.807, 2.05) is 31.3 Å². The third-order valence-electron chi connectivity index (χ3n) is 2.77. The average Bonchev–Trinajstić information content (AvgIpc) is 2.42. The van der Waals surface area contributed by atoms with E-state index in [-0.39, 0.29) is 6.03 Å². The molecule has 2 amide bonds. The molecule has 0 aliphatic heterocycles. The molecule has 1 N–H and O–H groups in total. The first kappa shape index (κ1) is 14.4. The standard InChI is InChI=1S/C14H22N2O2/c1-4-5-9-16(2)14(17)15-11-12-7-6-8-13(10-12)18-3/h6-8,10H,4-5,9,11H2,1-3H3,(H,15,17). The van der Waals surface area contributed by atoms with Crippen molar-refractivity contribution in [1.29, 1.82) is 0 Å². The van der Waals surface area contributed by atoms with Crippen LogP contribution in [0.1, 0.15) is 25.3 Å². The number of nitrogens with one attached hydrogen (secondary N) is 1. The summed E-state index contributed by atoms with van der Waals surface area (Å²) in [6.45, 7) is 3.43. The third-order valence-corrected chi connectivity index (χ3v) is 2.77. The predicted molar refractivity (Wildman–Crippen MR) is 72.8 cm³/mol. The lowest BCUT2D eigenvalue weighted by Gasteiger charge is -2.17. The van der Waals surface area contributed by atoms with Gasteiger partial charge in [-0.05, 0) is 24.1 Å². The van der Waals surface area contributed by atoms with Gasteiger partial charge in [-0.1, -0.05) is 25.5 Å². The Morgan fingerprint density at radius 1 is 1.44 bits per heavy atom. The van der Waals surface area contributed by atoms with Crippen molar-refractivity contribution in [2.45, 2.75) is 26.3 Å². The molecule has 0 fully saturated rings. The van der Waals surface area contributed by atoms with Gasteiger partial charge in [-0.25, -0.2) is 4.79 Å². The summed E-state index contributed by atoms with van der Waals surface area (Å²) in [7, 11) is 3.45. The zero-order valence-electron chi connectivity index (χ0n) is 11.4. The van der Waals surface area contributed by atoms with E-state index in [9.17, 15) is 4.79 Å². The fourth-order valence-corrected chi connectivity index (χ4v) is 1.59. The number of carbonyl (C=O) groups excluding carboxylic acids is 1. The quantitative estimate of drug-likeness (QED) is 0.843. The summed E-state index contributed by atoms with van der Waals surface area (Å²) < 4.78 is 5.14. The van der Waals surface area contributed by atoms with Gasteiger partial charge in [0.1, 0.15) is 5.75 Å². The number of benzene rings is 1. The van der Waals surface area contributed by atoms with Crippen LogP contribution >= 0.6 is 0 Å². The second-order valence-electron chi connectivity index (χ2n) is 4.29. The van der Waals surface area contributed by atoms with Crippen LogP contribution in [0.2, 0.25) is 0 Å². The number of amides is 2. The second kappa shape index (κ2) is 7.58. The molecule has 0 aliphatic carbocycles. The molecule has 0 spiro atoms. The van der Waals surface area contributed by atoms with Crippen LogP contribution < -0.4 is 10.1 Å². The Kier molecular flexibility index (Phi) is 6.05. The zero-order valence-corrected chi connectivity index (χ0v) is 11.4. The Morgan fingerprint density at radius 3 is 2.89 bits per heavy atom. The van der Waals surface area contributed by atoms with E-state index >= 15 is 0 Å². The van der Waals surface area contributed by atoms with E-state index in [1.165, 1.54) is 0 Å². The Hall–Kier alpha value is -1.71. The monoisotopic (exact) mass is 250 g/mol. The van der Waals surface area contributed by atoms with Gasteiger partial charge in [-0.15, -0.1) is 0 Å². The molecule has 0 aliphatic rings. The molecule has 0 bridgehead atoms. The second-order valence-corrected chi connectivity index (χ2v) is 4.29. The van der Waals surface area contributed by atoms with E-state index < -0.39 is 0 Å². The van der Waals surface area contributed by atoms with Crippen molar-refractivity contribution in [1.82, 2.24) is 10.2 Å². The maximum atomic E-state index is 11.8. The van der Waals surface area contributed by atoms with Crippen molar-refractivity contribution >= 4 is 6.03 Å². The highest BCUT2D eigenvalue weighted by atomic mass is 16.5. The van der Waals surface area contributed by atoms with Gasteiger partial charge in [0.15, 0.2) is 0 Å². The molecule has 1 aromatic carbocycles. The summed E-state index contributed by atoms with van der Waals surface area (Å²) in [5, 5.41) is 2.89. The molecule has 4 heteroatoms. The van der Waals surface area contributed by atoms with Gasteiger partial charge in [-0.2, -0.15) is 0 Å². The number of urea groups is 1. The lowest BCUT2D eigenvalue weighted by molar-refractivity contribution is 0.207. The maximum Gasteiger partial charge on any atom is 0.317 e. The van der Waals surface area contributed by atoms with Gasteiger partial charge in [0.2, 0.25) is 0 Å². The summed E-state index contributed by atoms with van der Waals surface area (Å²) in [5.41, 5.74) is 1.03. The van der Waals surface area contributed by atoms with Crippen LogP contribution in [0.5, 0.6) is 5.75 Å². The van der Waals surface area contributed by atoms with Gasteiger partial charge in [0.25, 0.3) is 0 Å². The minimum Gasteiger partial charge on any atom is -0.497 e. The largest absolute Gasteiger partial charge is 0.497 e. The first-order valence-corrected chi connectivity index (χ1v) is 6.29. The highest BCUT2D eigenvalue weighted by molar-refractivity contribution is 5.73. The number of carbonyl (C=O) groups is 1. The minimum atomic E-state index is -0.0359. The smallest absolute Gasteiger partial charge is 0.317 e. The van der Waals surface area contributed by atoms with Gasteiger partial charge < -0.3 is 15.0 Å². The van der Waals surface area contributed by atoms with E-state index in [2.05, 4.69) is 12.2 Å². The van der Waals surface area contributed by atoms with E-state index in [4.69, 9.17) is 4.74 Å². The predicted octanol–water partition coefficient (Wildman–Crippen LogP) is 2.64. The summed E-state index contributed by atoms with van der Waals surface area (Å²) in [6, 6.07) is 7.66. The van der Waals surface area contributed by atoms with Crippen molar-refractivity contribution < 1.29 is 9.53 Å². The number of hydrogen-bond acceptors (Lipinski definition) is 2. The van der Waals surface area contributed by atoms with Gasteiger partial charge in [0.05, 0.1) is 7.11 Å².